The molecular formula is C21H19Cl2F3N2O5. The van der Waals surface area contributed by atoms with Crippen molar-refractivity contribution in [2.24, 2.45) is 0 Å². The summed E-state index contributed by atoms with van der Waals surface area (Å²) >= 11 is 11.8. The lowest BCUT2D eigenvalue weighted by molar-refractivity contribution is -0.205. The fraction of sp³-hybridized carbons (Fsp3) is 0.333. The van der Waals surface area contributed by atoms with E-state index in [-0.39, 0.29) is 23.6 Å². The first-order valence-corrected chi connectivity index (χ1v) is 10.3. The second-order valence-corrected chi connectivity index (χ2v) is 7.89. The number of ether oxygens (including phenoxy) is 2. The van der Waals surface area contributed by atoms with Gasteiger partial charge in [-0.25, -0.2) is 9.59 Å². The van der Waals surface area contributed by atoms with Crippen molar-refractivity contribution in [3.05, 3.63) is 63.4 Å². The van der Waals surface area contributed by atoms with Crippen LogP contribution in [0, 0.1) is 0 Å². The lowest BCUT2D eigenvalue weighted by atomic mass is 10.1. The Morgan fingerprint density at radius 2 is 1.82 bits per heavy atom. The predicted octanol–water partition coefficient (Wildman–Crippen LogP) is 4.29. The number of hydrogen-bond acceptors (Lipinski definition) is 6. The molecule has 1 unspecified atom stereocenters. The first-order valence-electron chi connectivity index (χ1n) is 9.52. The summed E-state index contributed by atoms with van der Waals surface area (Å²) in [5.74, 6) is -4.56. The minimum Gasteiger partial charge on any atom is -0.384 e. The molecule has 1 amide bonds. The molecule has 1 N–H and O–H groups in total. The van der Waals surface area contributed by atoms with Gasteiger partial charge in [-0.3, -0.25) is 9.78 Å². The summed E-state index contributed by atoms with van der Waals surface area (Å²) in [6.07, 6.45) is -6.10. The van der Waals surface area contributed by atoms with E-state index in [4.69, 9.17) is 27.9 Å². The van der Waals surface area contributed by atoms with Crippen LogP contribution < -0.4 is 5.32 Å². The number of aromatic nitrogens is 1. The van der Waals surface area contributed by atoms with E-state index >= 15 is 0 Å². The summed E-state index contributed by atoms with van der Waals surface area (Å²) in [6.45, 7) is 3.14. The Bertz CT molecular complexity index is 1030. The predicted molar refractivity (Wildman–Crippen MR) is 113 cm³/mol. The summed E-state index contributed by atoms with van der Waals surface area (Å²) in [7, 11) is 0. The van der Waals surface area contributed by atoms with Crippen LogP contribution in [0.25, 0.3) is 0 Å². The molecule has 0 saturated heterocycles. The molecule has 0 bridgehead atoms. The highest BCUT2D eigenvalue weighted by Crippen LogP contribution is 2.21. The molecule has 178 valence electrons. The van der Waals surface area contributed by atoms with E-state index in [0.29, 0.717) is 16.3 Å². The standard InChI is InChI=1S/C21H19Cl2F3N2O5/c1-11(2)32-17(19(30)33-20(31)21(24,25)26)8-12-5-6-27-14(7-12)10-28-18(29)15-4-3-13(22)9-16(15)23/h3-7,9,11,17H,8,10H2,1-2H3,(H,28,29). The fourth-order valence-electron chi connectivity index (χ4n) is 2.64. The van der Waals surface area contributed by atoms with Crippen LogP contribution in [0.4, 0.5) is 13.2 Å². The van der Waals surface area contributed by atoms with Crippen LogP contribution in [-0.4, -0.2) is 41.2 Å². The van der Waals surface area contributed by atoms with Crippen LogP contribution in [-0.2, 0) is 32.0 Å². The summed E-state index contributed by atoms with van der Waals surface area (Å²) in [5.41, 5.74) is 1.06. The normalized spacial score (nSPS) is 12.4. The molecule has 0 aliphatic carbocycles. The van der Waals surface area contributed by atoms with Crippen molar-refractivity contribution in [1.29, 1.82) is 0 Å². The number of amides is 1. The Morgan fingerprint density at radius 1 is 1.12 bits per heavy atom. The van der Waals surface area contributed by atoms with Crippen molar-refractivity contribution < 1.29 is 37.0 Å². The quantitative estimate of drug-likeness (QED) is 0.424. The van der Waals surface area contributed by atoms with Crippen molar-refractivity contribution in [3.63, 3.8) is 0 Å². The van der Waals surface area contributed by atoms with Crippen LogP contribution >= 0.6 is 23.2 Å². The summed E-state index contributed by atoms with van der Waals surface area (Å²) in [6, 6.07) is 7.44. The second-order valence-electron chi connectivity index (χ2n) is 7.05. The number of hydrogen-bond donors (Lipinski definition) is 1. The highest BCUT2D eigenvalue weighted by molar-refractivity contribution is 6.36. The highest BCUT2D eigenvalue weighted by atomic mass is 35.5. The van der Waals surface area contributed by atoms with Crippen molar-refractivity contribution >= 4 is 41.0 Å². The van der Waals surface area contributed by atoms with Gasteiger partial charge in [0.2, 0.25) is 0 Å². The number of nitrogens with one attached hydrogen (secondary N) is 1. The number of alkyl halides is 3. The van der Waals surface area contributed by atoms with Gasteiger partial charge >= 0.3 is 18.1 Å². The van der Waals surface area contributed by atoms with Gasteiger partial charge < -0.3 is 14.8 Å². The van der Waals surface area contributed by atoms with Crippen LogP contribution in [0.15, 0.2) is 36.5 Å². The third-order valence-corrected chi connectivity index (χ3v) is 4.58. The monoisotopic (exact) mass is 506 g/mol. The SMILES string of the molecule is CC(C)OC(Cc1ccnc(CNC(=O)c2ccc(Cl)cc2Cl)c1)C(=O)OC(=O)C(F)(F)F. The number of nitrogens with zero attached hydrogens (tertiary/aromatic N) is 1. The van der Waals surface area contributed by atoms with Crippen LogP contribution in [0.5, 0.6) is 0 Å². The van der Waals surface area contributed by atoms with Gasteiger partial charge in [-0.2, -0.15) is 13.2 Å². The maximum absolute atomic E-state index is 12.4. The van der Waals surface area contributed by atoms with Gasteiger partial charge in [-0.1, -0.05) is 23.2 Å². The van der Waals surface area contributed by atoms with Crippen molar-refractivity contribution in [2.75, 3.05) is 0 Å². The smallest absolute Gasteiger partial charge is 0.384 e. The van der Waals surface area contributed by atoms with Crippen molar-refractivity contribution in [2.45, 2.75) is 45.2 Å². The molecule has 0 radical (unpaired) electrons. The molecule has 0 aliphatic rings. The van der Waals surface area contributed by atoms with Crippen LogP contribution in [0.2, 0.25) is 10.0 Å². The zero-order valence-corrected chi connectivity index (χ0v) is 18.9. The van der Waals surface area contributed by atoms with E-state index in [1.807, 2.05) is 0 Å². The summed E-state index contributed by atoms with van der Waals surface area (Å²) < 4.78 is 46.5. The van der Waals surface area contributed by atoms with E-state index in [2.05, 4.69) is 15.0 Å². The molecule has 1 aromatic carbocycles. The van der Waals surface area contributed by atoms with Gasteiger partial charge in [0, 0.05) is 17.6 Å². The molecule has 0 aliphatic heterocycles. The molecule has 0 saturated carbocycles. The molecule has 7 nitrogen and oxygen atoms in total. The molecule has 1 atom stereocenters. The Balaban J connectivity index is 2.08. The molecule has 0 spiro atoms. The number of rotatable bonds is 8. The molecule has 12 heteroatoms. The molecule has 2 aromatic rings. The summed E-state index contributed by atoms with van der Waals surface area (Å²) in [4.78, 5) is 39.5. The van der Waals surface area contributed by atoms with E-state index in [1.165, 1.54) is 36.5 Å². The van der Waals surface area contributed by atoms with Crippen molar-refractivity contribution in [1.82, 2.24) is 10.3 Å². The second kappa shape index (κ2) is 11.4. The Labute approximate surface area is 197 Å². The molecule has 1 aromatic heterocycles. The van der Waals surface area contributed by atoms with Crippen LogP contribution in [0.3, 0.4) is 0 Å². The van der Waals surface area contributed by atoms with Gasteiger partial charge in [0.05, 0.1) is 28.9 Å². The minimum atomic E-state index is -5.31. The molecule has 2 rings (SSSR count). The van der Waals surface area contributed by atoms with Gasteiger partial charge in [0.25, 0.3) is 5.91 Å². The number of carbonyl (C=O) groups excluding carboxylic acids is 3. The topological polar surface area (TPSA) is 94.6 Å². The molecule has 33 heavy (non-hydrogen) atoms. The van der Waals surface area contributed by atoms with Crippen LogP contribution in [0.1, 0.15) is 35.5 Å². The number of esters is 2. The minimum absolute atomic E-state index is 0.00165. The average molecular weight is 507 g/mol. The van der Waals surface area contributed by atoms with Gasteiger partial charge in [0.1, 0.15) is 0 Å². The molecule has 0 fully saturated rings. The van der Waals surface area contributed by atoms with E-state index in [0.717, 1.165) is 0 Å². The molecule has 1 heterocycles. The van der Waals surface area contributed by atoms with Gasteiger partial charge in [0.15, 0.2) is 6.10 Å². The third kappa shape index (κ3) is 8.30. The van der Waals surface area contributed by atoms with E-state index in [9.17, 15) is 27.6 Å². The number of pyridine rings is 1. The molecular weight excluding hydrogens is 488 g/mol. The first-order chi connectivity index (χ1) is 15.4. The fourth-order valence-corrected chi connectivity index (χ4v) is 3.13. The lowest BCUT2D eigenvalue weighted by Crippen LogP contribution is -2.36. The number of halogens is 5. The maximum Gasteiger partial charge on any atom is 0.491 e. The number of carbonyl (C=O) groups is 3. The third-order valence-electron chi connectivity index (χ3n) is 4.03. The Morgan fingerprint density at radius 3 is 2.42 bits per heavy atom. The number of benzene rings is 1. The largest absolute Gasteiger partial charge is 0.491 e. The summed E-state index contributed by atoms with van der Waals surface area (Å²) in [5, 5.41) is 3.18. The highest BCUT2D eigenvalue weighted by Gasteiger charge is 2.43. The Hall–Kier alpha value is -2.69. The zero-order chi connectivity index (χ0) is 24.8. The maximum atomic E-state index is 12.4. The zero-order valence-electron chi connectivity index (χ0n) is 17.4. The van der Waals surface area contributed by atoms with E-state index in [1.54, 1.807) is 13.8 Å². The average Bonchev–Trinajstić information content (AvgIpc) is 2.70. The first kappa shape index (κ1) is 26.6. The van der Waals surface area contributed by atoms with Crippen molar-refractivity contribution in [3.8, 4) is 0 Å². The van der Waals surface area contributed by atoms with Gasteiger partial charge in [-0.05, 0) is 49.7 Å². The Kier molecular flexibility index (Phi) is 9.21. The van der Waals surface area contributed by atoms with E-state index < -0.39 is 36.2 Å². The van der Waals surface area contributed by atoms with Gasteiger partial charge in [-0.15, -0.1) is 0 Å². The lowest BCUT2D eigenvalue weighted by Gasteiger charge is -2.19.